The molecule has 1 aliphatic rings. The van der Waals surface area contributed by atoms with E-state index in [9.17, 15) is 4.79 Å². The van der Waals surface area contributed by atoms with Crippen LogP contribution in [0, 0.1) is 0 Å². The molecular formula is C16H19N3O2S. The molecule has 6 heteroatoms. The standard InChI is InChI=1S/C16H19N3O2S/c1-2-21-15(20)14-11-18-16(22-13-7-3-4-8-13)19(14)12-6-5-9-17-10-12/h5-6,9-11,13H,2-4,7-8H2,1H3. The Balaban J connectivity index is 1.97. The van der Waals surface area contributed by atoms with E-state index in [1.807, 2.05) is 16.7 Å². The molecule has 0 unspecified atom stereocenters. The number of carbonyl (C=O) groups excluding carboxylic acids is 1. The molecule has 1 saturated carbocycles. The van der Waals surface area contributed by atoms with Gasteiger partial charge < -0.3 is 4.74 Å². The molecule has 2 aromatic heterocycles. The van der Waals surface area contributed by atoms with Crippen molar-refractivity contribution in [2.75, 3.05) is 6.61 Å². The summed E-state index contributed by atoms with van der Waals surface area (Å²) in [4.78, 5) is 20.8. The maximum atomic E-state index is 12.2. The fourth-order valence-electron chi connectivity index (χ4n) is 2.66. The zero-order valence-corrected chi connectivity index (χ0v) is 13.4. The first-order valence-corrected chi connectivity index (χ1v) is 8.49. The van der Waals surface area contributed by atoms with Crippen LogP contribution in [-0.4, -0.2) is 32.4 Å². The number of nitrogens with zero attached hydrogens (tertiary/aromatic N) is 3. The second-order valence-electron chi connectivity index (χ2n) is 5.22. The number of ether oxygens (including phenoxy) is 1. The molecule has 0 saturated heterocycles. The van der Waals surface area contributed by atoms with Gasteiger partial charge in [0.25, 0.3) is 0 Å². The Morgan fingerprint density at radius 2 is 2.23 bits per heavy atom. The Kier molecular flexibility index (Phi) is 4.77. The molecule has 0 aromatic carbocycles. The molecule has 2 heterocycles. The first-order chi connectivity index (χ1) is 10.8. The highest BCUT2D eigenvalue weighted by atomic mass is 32.2. The number of imidazole rings is 1. The molecule has 1 aliphatic carbocycles. The van der Waals surface area contributed by atoms with Gasteiger partial charge in [0.05, 0.1) is 24.7 Å². The average Bonchev–Trinajstić information content (AvgIpc) is 3.18. The van der Waals surface area contributed by atoms with Gasteiger partial charge in [-0.25, -0.2) is 9.78 Å². The number of carbonyl (C=O) groups is 1. The number of hydrogen-bond acceptors (Lipinski definition) is 5. The highest BCUT2D eigenvalue weighted by molar-refractivity contribution is 7.99. The third kappa shape index (κ3) is 3.16. The van der Waals surface area contributed by atoms with Crippen LogP contribution >= 0.6 is 11.8 Å². The van der Waals surface area contributed by atoms with E-state index in [0.29, 0.717) is 17.6 Å². The lowest BCUT2D eigenvalue weighted by molar-refractivity contribution is 0.0516. The number of pyridine rings is 1. The van der Waals surface area contributed by atoms with Gasteiger partial charge in [-0.15, -0.1) is 0 Å². The number of rotatable bonds is 5. The first kappa shape index (κ1) is 15.1. The van der Waals surface area contributed by atoms with Gasteiger partial charge in [0.2, 0.25) is 0 Å². The quantitative estimate of drug-likeness (QED) is 0.790. The van der Waals surface area contributed by atoms with E-state index >= 15 is 0 Å². The monoisotopic (exact) mass is 317 g/mol. The van der Waals surface area contributed by atoms with Crippen LogP contribution < -0.4 is 0 Å². The number of thioether (sulfide) groups is 1. The van der Waals surface area contributed by atoms with E-state index in [-0.39, 0.29) is 5.97 Å². The van der Waals surface area contributed by atoms with Gasteiger partial charge in [-0.1, -0.05) is 24.6 Å². The van der Waals surface area contributed by atoms with Crippen molar-refractivity contribution in [2.24, 2.45) is 0 Å². The van der Waals surface area contributed by atoms with Crippen molar-refractivity contribution >= 4 is 17.7 Å². The number of aromatic nitrogens is 3. The summed E-state index contributed by atoms with van der Waals surface area (Å²) in [6, 6.07) is 3.78. The molecule has 22 heavy (non-hydrogen) atoms. The lowest BCUT2D eigenvalue weighted by Crippen LogP contribution is -2.12. The highest BCUT2D eigenvalue weighted by Crippen LogP contribution is 2.35. The molecule has 0 bridgehead atoms. The van der Waals surface area contributed by atoms with Crippen LogP contribution in [0.5, 0.6) is 0 Å². The second kappa shape index (κ2) is 6.96. The van der Waals surface area contributed by atoms with Crippen LogP contribution in [0.3, 0.4) is 0 Å². The molecule has 116 valence electrons. The number of hydrogen-bond donors (Lipinski definition) is 0. The lowest BCUT2D eigenvalue weighted by atomic mass is 10.4. The second-order valence-corrected chi connectivity index (χ2v) is 6.48. The van der Waals surface area contributed by atoms with Gasteiger partial charge in [-0.2, -0.15) is 0 Å². The van der Waals surface area contributed by atoms with Crippen molar-refractivity contribution in [3.8, 4) is 5.69 Å². The summed E-state index contributed by atoms with van der Waals surface area (Å²) in [7, 11) is 0. The van der Waals surface area contributed by atoms with E-state index in [1.54, 1.807) is 37.3 Å². The van der Waals surface area contributed by atoms with Crippen LogP contribution in [0.25, 0.3) is 5.69 Å². The Hall–Kier alpha value is -1.82. The summed E-state index contributed by atoms with van der Waals surface area (Å²) in [5, 5.41) is 1.41. The lowest BCUT2D eigenvalue weighted by Gasteiger charge is -2.13. The maximum Gasteiger partial charge on any atom is 0.357 e. The Labute approximate surface area is 134 Å². The largest absolute Gasteiger partial charge is 0.461 e. The van der Waals surface area contributed by atoms with Crippen molar-refractivity contribution in [3.05, 3.63) is 36.4 Å². The minimum absolute atomic E-state index is 0.349. The molecule has 2 aromatic rings. The van der Waals surface area contributed by atoms with Crippen molar-refractivity contribution < 1.29 is 9.53 Å². The Morgan fingerprint density at radius 1 is 1.41 bits per heavy atom. The molecule has 0 N–H and O–H groups in total. The molecule has 1 fully saturated rings. The highest BCUT2D eigenvalue weighted by Gasteiger charge is 2.23. The Bertz CT molecular complexity index is 636. The molecule has 0 spiro atoms. The third-order valence-corrected chi connectivity index (χ3v) is 5.00. The first-order valence-electron chi connectivity index (χ1n) is 7.61. The molecule has 0 atom stereocenters. The molecule has 0 aliphatic heterocycles. The summed E-state index contributed by atoms with van der Waals surface area (Å²) in [5.41, 5.74) is 1.29. The van der Waals surface area contributed by atoms with E-state index < -0.39 is 0 Å². The Morgan fingerprint density at radius 3 is 2.91 bits per heavy atom. The summed E-state index contributed by atoms with van der Waals surface area (Å²) in [5.74, 6) is -0.350. The minimum atomic E-state index is -0.350. The van der Waals surface area contributed by atoms with E-state index in [1.165, 1.54) is 25.7 Å². The smallest absolute Gasteiger partial charge is 0.357 e. The third-order valence-electron chi connectivity index (χ3n) is 3.69. The minimum Gasteiger partial charge on any atom is -0.461 e. The average molecular weight is 317 g/mol. The summed E-state index contributed by atoms with van der Waals surface area (Å²) in [6.07, 6.45) is 10.0. The summed E-state index contributed by atoms with van der Waals surface area (Å²) < 4.78 is 7.00. The van der Waals surface area contributed by atoms with Gasteiger partial charge in [0.1, 0.15) is 0 Å². The van der Waals surface area contributed by atoms with Gasteiger partial charge in [-0.05, 0) is 31.9 Å². The molecule has 0 amide bonds. The normalized spacial score (nSPS) is 15.1. The van der Waals surface area contributed by atoms with E-state index in [4.69, 9.17) is 4.74 Å². The molecular weight excluding hydrogens is 298 g/mol. The van der Waals surface area contributed by atoms with Gasteiger partial charge in [0, 0.05) is 11.4 Å². The van der Waals surface area contributed by atoms with Gasteiger partial charge >= 0.3 is 5.97 Å². The van der Waals surface area contributed by atoms with Gasteiger partial charge in [0.15, 0.2) is 10.9 Å². The molecule has 0 radical (unpaired) electrons. The molecule has 3 rings (SSSR count). The van der Waals surface area contributed by atoms with Gasteiger partial charge in [-0.3, -0.25) is 9.55 Å². The zero-order chi connectivity index (χ0) is 15.4. The van der Waals surface area contributed by atoms with Crippen molar-refractivity contribution in [2.45, 2.75) is 43.0 Å². The fraction of sp³-hybridized carbons (Fsp3) is 0.438. The summed E-state index contributed by atoms with van der Waals surface area (Å²) >= 11 is 1.75. The molecule has 5 nitrogen and oxygen atoms in total. The van der Waals surface area contributed by atoms with Crippen LogP contribution in [0.1, 0.15) is 43.1 Å². The fourth-order valence-corrected chi connectivity index (χ4v) is 3.95. The predicted molar refractivity (Wildman–Crippen MR) is 85.4 cm³/mol. The van der Waals surface area contributed by atoms with Crippen molar-refractivity contribution in [1.82, 2.24) is 14.5 Å². The van der Waals surface area contributed by atoms with Crippen LogP contribution in [0.4, 0.5) is 0 Å². The predicted octanol–water partition coefficient (Wildman–Crippen LogP) is 3.48. The summed E-state index contributed by atoms with van der Waals surface area (Å²) in [6.45, 7) is 2.15. The topological polar surface area (TPSA) is 57.0 Å². The SMILES string of the molecule is CCOC(=O)c1cnc(SC2CCCC2)n1-c1cccnc1. The van der Waals surface area contributed by atoms with Crippen molar-refractivity contribution in [3.63, 3.8) is 0 Å². The van der Waals surface area contributed by atoms with Crippen LogP contribution in [0.15, 0.2) is 35.9 Å². The van der Waals surface area contributed by atoms with Crippen LogP contribution in [-0.2, 0) is 4.74 Å². The van der Waals surface area contributed by atoms with E-state index in [0.717, 1.165) is 10.8 Å². The number of esters is 1. The van der Waals surface area contributed by atoms with Crippen LogP contribution in [0.2, 0.25) is 0 Å². The van der Waals surface area contributed by atoms with Crippen molar-refractivity contribution in [1.29, 1.82) is 0 Å². The maximum absolute atomic E-state index is 12.2. The zero-order valence-electron chi connectivity index (χ0n) is 12.6. The van der Waals surface area contributed by atoms with E-state index in [2.05, 4.69) is 9.97 Å².